The Kier molecular flexibility index (Phi) is 4.02. The van der Waals surface area contributed by atoms with Crippen LogP contribution in [0.2, 0.25) is 5.02 Å². The van der Waals surface area contributed by atoms with E-state index in [1.807, 2.05) is 47.4 Å². The molecule has 0 atom stereocenters. The maximum absolute atomic E-state index is 12.3. The van der Waals surface area contributed by atoms with Gasteiger partial charge in [0.05, 0.1) is 29.0 Å². The lowest BCUT2D eigenvalue weighted by Crippen LogP contribution is -2.32. The molecule has 0 saturated carbocycles. The first-order chi connectivity index (χ1) is 13.7. The maximum Gasteiger partial charge on any atom is 0.336 e. The highest BCUT2D eigenvalue weighted by atomic mass is 35.5. The molecule has 2 aromatic carbocycles. The van der Waals surface area contributed by atoms with E-state index in [1.54, 1.807) is 18.5 Å². The number of halogens is 1. The fraction of sp³-hybridized carbons (Fsp3) is 0.0909. The summed E-state index contributed by atoms with van der Waals surface area (Å²) in [6, 6.07) is 16.9. The number of anilines is 1. The van der Waals surface area contributed by atoms with Gasteiger partial charge in [-0.25, -0.2) is 4.79 Å². The van der Waals surface area contributed by atoms with Crippen LogP contribution in [0.3, 0.4) is 0 Å². The zero-order chi connectivity index (χ0) is 19.1. The first kappa shape index (κ1) is 16.8. The Hall–Kier alpha value is -3.31. The van der Waals surface area contributed by atoms with E-state index in [1.165, 1.54) is 6.07 Å². The highest BCUT2D eigenvalue weighted by molar-refractivity contribution is 6.33. The van der Waals surface area contributed by atoms with Gasteiger partial charge in [-0.3, -0.25) is 4.98 Å². The van der Waals surface area contributed by atoms with Gasteiger partial charge in [-0.1, -0.05) is 41.9 Å². The second kappa shape index (κ2) is 6.69. The van der Waals surface area contributed by atoms with E-state index in [0.29, 0.717) is 29.6 Å². The molecule has 0 bridgehead atoms. The normalized spacial score (nSPS) is 13.2. The van der Waals surface area contributed by atoms with E-state index in [2.05, 4.69) is 4.98 Å². The van der Waals surface area contributed by atoms with Crippen molar-refractivity contribution in [3.05, 3.63) is 88.0 Å². The average molecular weight is 391 g/mol. The Morgan fingerprint density at radius 2 is 1.93 bits per heavy atom. The summed E-state index contributed by atoms with van der Waals surface area (Å²) in [4.78, 5) is 18.5. The van der Waals surface area contributed by atoms with Crippen molar-refractivity contribution in [1.29, 1.82) is 0 Å². The predicted octanol–water partition coefficient (Wildman–Crippen LogP) is 4.86. The van der Waals surface area contributed by atoms with E-state index in [9.17, 15) is 4.79 Å². The van der Waals surface area contributed by atoms with Crippen molar-refractivity contribution in [2.75, 3.05) is 11.6 Å². The lowest BCUT2D eigenvalue weighted by Gasteiger charge is -2.31. The topological polar surface area (TPSA) is 55.6 Å². The van der Waals surface area contributed by atoms with Crippen LogP contribution in [0.1, 0.15) is 5.56 Å². The number of ether oxygens (including phenoxy) is 1. The van der Waals surface area contributed by atoms with Crippen LogP contribution in [-0.2, 0) is 6.54 Å². The molecule has 1 aliphatic heterocycles. The minimum absolute atomic E-state index is 0.340. The van der Waals surface area contributed by atoms with Crippen LogP contribution in [-0.4, -0.2) is 11.7 Å². The molecule has 0 unspecified atom stereocenters. The molecule has 2 aromatic heterocycles. The van der Waals surface area contributed by atoms with Gasteiger partial charge in [0.2, 0.25) is 0 Å². The van der Waals surface area contributed by atoms with Gasteiger partial charge >= 0.3 is 5.63 Å². The largest absolute Gasteiger partial charge is 0.471 e. The van der Waals surface area contributed by atoms with Gasteiger partial charge < -0.3 is 14.1 Å². The summed E-state index contributed by atoms with van der Waals surface area (Å²) in [6.07, 6.45) is 3.49. The molecule has 28 heavy (non-hydrogen) atoms. The summed E-state index contributed by atoms with van der Waals surface area (Å²) in [5.41, 5.74) is 3.48. The molecule has 0 aliphatic carbocycles. The Bertz CT molecular complexity index is 1220. The molecule has 0 N–H and O–H groups in total. The van der Waals surface area contributed by atoms with Gasteiger partial charge in [-0.05, 0) is 29.3 Å². The average Bonchev–Trinajstić information content (AvgIpc) is 2.75. The number of nitrogens with zero attached hydrogens (tertiary/aromatic N) is 2. The van der Waals surface area contributed by atoms with Gasteiger partial charge in [0.25, 0.3) is 0 Å². The van der Waals surface area contributed by atoms with Crippen LogP contribution in [0, 0.1) is 0 Å². The Labute approximate surface area is 165 Å². The molecule has 0 amide bonds. The summed E-state index contributed by atoms with van der Waals surface area (Å²) in [5.74, 6) is 0.558. The SMILES string of the molecule is O=c1cc(-c2ccccc2)c2cc(Cl)c3c(c2o1)CN(c1cccnc1)CO3. The molecule has 0 spiro atoms. The summed E-state index contributed by atoms with van der Waals surface area (Å²) in [6.45, 7) is 0.839. The molecule has 0 radical (unpaired) electrons. The fourth-order valence-corrected chi connectivity index (χ4v) is 3.83. The molecular weight excluding hydrogens is 376 g/mol. The molecule has 0 fully saturated rings. The molecule has 4 aromatic rings. The van der Waals surface area contributed by atoms with Crippen LogP contribution in [0.25, 0.3) is 22.1 Å². The minimum Gasteiger partial charge on any atom is -0.471 e. The minimum atomic E-state index is -0.408. The van der Waals surface area contributed by atoms with Crippen molar-refractivity contribution < 1.29 is 9.15 Å². The van der Waals surface area contributed by atoms with E-state index in [4.69, 9.17) is 20.8 Å². The van der Waals surface area contributed by atoms with Gasteiger partial charge in [-0.2, -0.15) is 0 Å². The van der Waals surface area contributed by atoms with Crippen LogP contribution in [0.15, 0.2) is 76.2 Å². The number of hydrogen-bond donors (Lipinski definition) is 0. The molecule has 3 heterocycles. The Morgan fingerprint density at radius 3 is 2.71 bits per heavy atom. The van der Waals surface area contributed by atoms with E-state index in [-0.39, 0.29) is 0 Å². The number of rotatable bonds is 2. The van der Waals surface area contributed by atoms with E-state index >= 15 is 0 Å². The molecule has 5 rings (SSSR count). The molecular formula is C22H15ClN2O3. The number of pyridine rings is 1. The van der Waals surface area contributed by atoms with Gasteiger partial charge in [0.1, 0.15) is 11.3 Å². The standard InChI is InChI=1S/C22H15ClN2O3/c23-19-9-17-16(14-5-2-1-3-6-14)10-20(26)28-21(17)18-12-25(13-27-22(18)19)15-7-4-8-24-11-15/h1-11H,12-13H2. The summed E-state index contributed by atoms with van der Waals surface area (Å²) in [7, 11) is 0. The monoisotopic (exact) mass is 390 g/mol. The van der Waals surface area contributed by atoms with E-state index < -0.39 is 5.63 Å². The highest BCUT2D eigenvalue weighted by Crippen LogP contribution is 2.41. The summed E-state index contributed by atoms with van der Waals surface area (Å²) < 4.78 is 11.5. The van der Waals surface area contributed by atoms with Crippen LogP contribution in [0.5, 0.6) is 5.75 Å². The number of aromatic nitrogens is 1. The van der Waals surface area contributed by atoms with Crippen molar-refractivity contribution in [1.82, 2.24) is 4.98 Å². The van der Waals surface area contributed by atoms with Crippen LogP contribution >= 0.6 is 11.6 Å². The Morgan fingerprint density at radius 1 is 1.07 bits per heavy atom. The number of benzene rings is 2. The molecule has 0 saturated heterocycles. The maximum atomic E-state index is 12.3. The van der Waals surface area contributed by atoms with Crippen LogP contribution in [0.4, 0.5) is 5.69 Å². The summed E-state index contributed by atoms with van der Waals surface area (Å²) >= 11 is 6.54. The molecule has 1 aliphatic rings. The zero-order valence-corrected chi connectivity index (χ0v) is 15.5. The molecule has 6 heteroatoms. The number of fused-ring (bicyclic) bond motifs is 3. The van der Waals surface area contributed by atoms with Crippen molar-refractivity contribution in [3.8, 4) is 16.9 Å². The summed E-state index contributed by atoms with van der Waals surface area (Å²) in [5, 5.41) is 1.28. The smallest absolute Gasteiger partial charge is 0.336 e. The Balaban J connectivity index is 1.73. The lowest BCUT2D eigenvalue weighted by atomic mass is 9.99. The van der Waals surface area contributed by atoms with Crippen molar-refractivity contribution in [2.24, 2.45) is 0 Å². The third-order valence-electron chi connectivity index (χ3n) is 4.85. The third kappa shape index (κ3) is 2.80. The second-order valence-corrected chi connectivity index (χ2v) is 6.98. The predicted molar refractivity (Wildman–Crippen MR) is 109 cm³/mol. The fourth-order valence-electron chi connectivity index (χ4n) is 3.55. The highest BCUT2D eigenvalue weighted by Gasteiger charge is 2.25. The molecule has 138 valence electrons. The molecule has 5 nitrogen and oxygen atoms in total. The first-order valence-corrected chi connectivity index (χ1v) is 9.21. The first-order valence-electron chi connectivity index (χ1n) is 8.83. The van der Waals surface area contributed by atoms with E-state index in [0.717, 1.165) is 27.8 Å². The zero-order valence-electron chi connectivity index (χ0n) is 14.8. The van der Waals surface area contributed by atoms with Gasteiger partial charge in [-0.15, -0.1) is 0 Å². The lowest BCUT2D eigenvalue weighted by molar-refractivity contribution is 0.289. The van der Waals surface area contributed by atoms with Gasteiger partial charge in [0, 0.05) is 17.6 Å². The number of hydrogen-bond acceptors (Lipinski definition) is 5. The van der Waals surface area contributed by atoms with Crippen LogP contribution < -0.4 is 15.3 Å². The van der Waals surface area contributed by atoms with Crippen molar-refractivity contribution in [3.63, 3.8) is 0 Å². The van der Waals surface area contributed by atoms with Crippen molar-refractivity contribution in [2.45, 2.75) is 6.54 Å². The van der Waals surface area contributed by atoms with Crippen molar-refractivity contribution >= 4 is 28.3 Å². The third-order valence-corrected chi connectivity index (χ3v) is 5.13. The second-order valence-electron chi connectivity index (χ2n) is 6.57. The quantitative estimate of drug-likeness (QED) is 0.457. The van der Waals surface area contributed by atoms with Gasteiger partial charge in [0.15, 0.2) is 6.73 Å².